The molecule has 0 bridgehead atoms. The minimum Gasteiger partial charge on any atom is -0.467 e. The number of thioether (sulfide) groups is 1. The van der Waals surface area contributed by atoms with Crippen molar-refractivity contribution in [2.24, 2.45) is 5.92 Å². The van der Waals surface area contributed by atoms with Gasteiger partial charge in [0, 0.05) is 30.5 Å². The third-order valence-electron chi connectivity index (χ3n) is 4.67. The number of nitrogens with zero attached hydrogens (tertiary/aromatic N) is 2. The minimum atomic E-state index is 0.00392. The molecule has 3 rings (SSSR count). The highest BCUT2D eigenvalue weighted by Gasteiger charge is 2.29. The molecular formula is C17H25N3O3S. The van der Waals surface area contributed by atoms with E-state index in [-0.39, 0.29) is 11.8 Å². The van der Waals surface area contributed by atoms with E-state index < -0.39 is 0 Å². The van der Waals surface area contributed by atoms with Gasteiger partial charge in [0.2, 0.25) is 11.8 Å². The second-order valence-electron chi connectivity index (χ2n) is 6.34. The molecule has 0 atom stereocenters. The van der Waals surface area contributed by atoms with Crippen molar-refractivity contribution in [1.29, 1.82) is 0 Å². The zero-order chi connectivity index (χ0) is 16.8. The van der Waals surface area contributed by atoms with E-state index >= 15 is 0 Å². The summed E-state index contributed by atoms with van der Waals surface area (Å²) in [5.74, 6) is 3.32. The molecule has 0 aliphatic carbocycles. The molecule has 0 saturated carbocycles. The Hall–Kier alpha value is -1.47. The molecule has 132 valence electrons. The Kier molecular flexibility index (Phi) is 6.20. The minimum absolute atomic E-state index is 0.00392. The third kappa shape index (κ3) is 4.77. The molecule has 0 spiro atoms. The van der Waals surface area contributed by atoms with E-state index in [4.69, 9.17) is 4.42 Å². The van der Waals surface area contributed by atoms with Crippen LogP contribution >= 0.6 is 11.8 Å². The highest BCUT2D eigenvalue weighted by molar-refractivity contribution is 7.99. The highest BCUT2D eigenvalue weighted by atomic mass is 32.2. The van der Waals surface area contributed by atoms with E-state index in [1.807, 2.05) is 28.8 Å². The second-order valence-corrected chi connectivity index (χ2v) is 7.57. The van der Waals surface area contributed by atoms with E-state index in [0.717, 1.165) is 56.3 Å². The lowest BCUT2D eigenvalue weighted by atomic mass is 9.95. The number of carbonyl (C=O) groups excluding carboxylic acids is 2. The summed E-state index contributed by atoms with van der Waals surface area (Å²) in [5.41, 5.74) is 0. The van der Waals surface area contributed by atoms with Crippen LogP contribution in [0.25, 0.3) is 0 Å². The zero-order valence-corrected chi connectivity index (χ0v) is 14.7. The van der Waals surface area contributed by atoms with Gasteiger partial charge in [-0.3, -0.25) is 14.5 Å². The van der Waals surface area contributed by atoms with E-state index in [1.165, 1.54) is 0 Å². The summed E-state index contributed by atoms with van der Waals surface area (Å²) in [5, 5.41) is 2.87. The topological polar surface area (TPSA) is 65.8 Å². The molecule has 24 heavy (non-hydrogen) atoms. The third-order valence-corrected chi connectivity index (χ3v) is 5.61. The van der Waals surface area contributed by atoms with Crippen LogP contribution in [0.4, 0.5) is 0 Å². The lowest BCUT2D eigenvalue weighted by Gasteiger charge is -2.35. The average molecular weight is 351 g/mol. The van der Waals surface area contributed by atoms with Gasteiger partial charge >= 0.3 is 0 Å². The Morgan fingerprint density at radius 1 is 1.21 bits per heavy atom. The van der Waals surface area contributed by atoms with Crippen molar-refractivity contribution in [3.05, 3.63) is 24.2 Å². The van der Waals surface area contributed by atoms with Gasteiger partial charge in [-0.1, -0.05) is 0 Å². The van der Waals surface area contributed by atoms with Crippen LogP contribution in [0, 0.1) is 5.92 Å². The predicted molar refractivity (Wildman–Crippen MR) is 93.6 cm³/mol. The average Bonchev–Trinajstić information content (AvgIpc) is 3.14. The highest BCUT2D eigenvalue weighted by Crippen LogP contribution is 2.21. The number of nitrogens with one attached hydrogen (secondary N) is 1. The molecule has 6 nitrogen and oxygen atoms in total. The summed E-state index contributed by atoms with van der Waals surface area (Å²) < 4.78 is 5.20. The lowest BCUT2D eigenvalue weighted by molar-refractivity contribution is -0.136. The van der Waals surface area contributed by atoms with Gasteiger partial charge in [0.15, 0.2) is 0 Å². The summed E-state index contributed by atoms with van der Waals surface area (Å²) in [6.07, 6.45) is 3.31. The molecule has 1 aromatic rings. The summed E-state index contributed by atoms with van der Waals surface area (Å²) in [6, 6.07) is 3.65. The molecule has 2 saturated heterocycles. The van der Waals surface area contributed by atoms with Gasteiger partial charge in [0.1, 0.15) is 5.76 Å². The molecule has 2 aliphatic heterocycles. The molecular weight excluding hydrogens is 326 g/mol. The van der Waals surface area contributed by atoms with Gasteiger partial charge in [0.25, 0.3) is 0 Å². The van der Waals surface area contributed by atoms with Gasteiger partial charge < -0.3 is 14.6 Å². The number of hydrogen-bond donors (Lipinski definition) is 1. The van der Waals surface area contributed by atoms with Crippen LogP contribution in [0.2, 0.25) is 0 Å². The lowest BCUT2D eigenvalue weighted by Crippen LogP contribution is -2.47. The number of piperidine rings is 1. The smallest absolute Gasteiger partial charge is 0.234 e. The molecule has 1 N–H and O–H groups in total. The number of hydrogen-bond acceptors (Lipinski definition) is 5. The Morgan fingerprint density at radius 2 is 1.96 bits per heavy atom. The second kappa shape index (κ2) is 8.58. The molecule has 2 amide bonds. The molecule has 3 heterocycles. The number of likely N-dealkylation sites (tertiary alicyclic amines) is 1. The van der Waals surface area contributed by atoms with Crippen LogP contribution in [-0.2, 0) is 16.1 Å². The number of amides is 2. The summed E-state index contributed by atoms with van der Waals surface area (Å²) in [6.45, 7) is 4.22. The summed E-state index contributed by atoms with van der Waals surface area (Å²) in [4.78, 5) is 28.7. The van der Waals surface area contributed by atoms with Crippen LogP contribution in [0.3, 0.4) is 0 Å². The SMILES string of the molecule is O=C(CN1CCC(C(=O)N2CCSCC2)CC1)NCc1ccco1. The quantitative estimate of drug-likeness (QED) is 0.863. The number of rotatable bonds is 5. The molecule has 2 fully saturated rings. The van der Waals surface area contributed by atoms with Crippen molar-refractivity contribution in [3.8, 4) is 0 Å². The van der Waals surface area contributed by atoms with Crippen molar-refractivity contribution >= 4 is 23.6 Å². The molecule has 0 radical (unpaired) electrons. The first-order chi connectivity index (χ1) is 11.7. The van der Waals surface area contributed by atoms with E-state index in [0.29, 0.717) is 19.0 Å². The Balaban J connectivity index is 1.36. The first kappa shape index (κ1) is 17.4. The van der Waals surface area contributed by atoms with Gasteiger partial charge in [-0.2, -0.15) is 11.8 Å². The Bertz CT molecular complexity index is 535. The number of carbonyl (C=O) groups is 2. The van der Waals surface area contributed by atoms with Gasteiger partial charge in [-0.25, -0.2) is 0 Å². The maximum absolute atomic E-state index is 12.5. The monoisotopic (exact) mass is 351 g/mol. The molecule has 0 unspecified atom stereocenters. The van der Waals surface area contributed by atoms with Crippen LogP contribution < -0.4 is 5.32 Å². The van der Waals surface area contributed by atoms with Gasteiger partial charge in [0.05, 0.1) is 19.4 Å². The fraction of sp³-hybridized carbons (Fsp3) is 0.647. The summed E-state index contributed by atoms with van der Waals surface area (Å²) >= 11 is 1.92. The van der Waals surface area contributed by atoms with Crippen molar-refractivity contribution in [2.75, 3.05) is 44.2 Å². The van der Waals surface area contributed by atoms with Gasteiger partial charge in [-0.15, -0.1) is 0 Å². The fourth-order valence-corrected chi connectivity index (χ4v) is 4.14. The predicted octanol–water partition coefficient (Wildman–Crippen LogP) is 1.18. The van der Waals surface area contributed by atoms with Crippen molar-refractivity contribution in [2.45, 2.75) is 19.4 Å². The van der Waals surface area contributed by atoms with E-state index in [1.54, 1.807) is 6.26 Å². The first-order valence-corrected chi connectivity index (χ1v) is 9.76. The Morgan fingerprint density at radius 3 is 2.62 bits per heavy atom. The molecule has 7 heteroatoms. The van der Waals surface area contributed by atoms with Crippen LogP contribution in [0.5, 0.6) is 0 Å². The van der Waals surface area contributed by atoms with Crippen molar-refractivity contribution in [1.82, 2.24) is 15.1 Å². The van der Waals surface area contributed by atoms with E-state index in [2.05, 4.69) is 10.2 Å². The maximum atomic E-state index is 12.5. The van der Waals surface area contributed by atoms with Gasteiger partial charge in [-0.05, 0) is 38.1 Å². The van der Waals surface area contributed by atoms with Crippen LogP contribution in [-0.4, -0.2) is 65.8 Å². The normalized spacial score (nSPS) is 20.1. The summed E-state index contributed by atoms with van der Waals surface area (Å²) in [7, 11) is 0. The number of furan rings is 1. The van der Waals surface area contributed by atoms with Crippen LogP contribution in [0.1, 0.15) is 18.6 Å². The first-order valence-electron chi connectivity index (χ1n) is 8.60. The largest absolute Gasteiger partial charge is 0.467 e. The van der Waals surface area contributed by atoms with Crippen molar-refractivity contribution in [3.63, 3.8) is 0 Å². The standard InChI is InChI=1S/C17H25N3O3S/c21-16(18-12-15-2-1-9-23-15)13-19-5-3-14(4-6-19)17(22)20-7-10-24-11-8-20/h1-2,9,14H,3-8,10-13H2,(H,18,21). The van der Waals surface area contributed by atoms with Crippen molar-refractivity contribution < 1.29 is 14.0 Å². The fourth-order valence-electron chi connectivity index (χ4n) is 3.24. The molecule has 0 aromatic carbocycles. The Labute approximate surface area is 146 Å². The zero-order valence-electron chi connectivity index (χ0n) is 13.9. The maximum Gasteiger partial charge on any atom is 0.234 e. The van der Waals surface area contributed by atoms with Crippen LogP contribution in [0.15, 0.2) is 22.8 Å². The van der Waals surface area contributed by atoms with E-state index in [9.17, 15) is 9.59 Å². The molecule has 2 aliphatic rings. The molecule has 1 aromatic heterocycles.